The third-order valence-corrected chi connectivity index (χ3v) is 3.79. The van der Waals surface area contributed by atoms with Gasteiger partial charge in [0, 0.05) is 16.4 Å². The number of allylic oxidation sites excluding steroid dienone is 1. The highest BCUT2D eigenvalue weighted by molar-refractivity contribution is 7.08. The van der Waals surface area contributed by atoms with Gasteiger partial charge < -0.3 is 0 Å². The summed E-state index contributed by atoms with van der Waals surface area (Å²) in [6.45, 7) is 5.77. The van der Waals surface area contributed by atoms with E-state index in [1.807, 2.05) is 54.4 Å². The van der Waals surface area contributed by atoms with Crippen molar-refractivity contribution in [3.8, 4) is 0 Å². The molecule has 0 aliphatic rings. The second kappa shape index (κ2) is 7.92. The number of hydrogen-bond donors (Lipinski definition) is 0. The summed E-state index contributed by atoms with van der Waals surface area (Å²) in [5.41, 5.74) is 1.60. The molecule has 2 nitrogen and oxygen atoms in total. The van der Waals surface area contributed by atoms with Gasteiger partial charge in [0.25, 0.3) is 0 Å². The van der Waals surface area contributed by atoms with Gasteiger partial charge in [0.15, 0.2) is 12.1 Å². The van der Waals surface area contributed by atoms with E-state index in [0.717, 1.165) is 17.4 Å². The van der Waals surface area contributed by atoms with E-state index < -0.39 is 0 Å². The molecular weight excluding hydrogens is 288 g/mol. The summed E-state index contributed by atoms with van der Waals surface area (Å²) in [5.74, 6) is 0.165. The minimum atomic E-state index is -0.271. The van der Waals surface area contributed by atoms with E-state index in [4.69, 9.17) is 0 Å². The maximum absolute atomic E-state index is 11.5. The zero-order chi connectivity index (χ0) is 15.0. The van der Waals surface area contributed by atoms with E-state index in [-0.39, 0.29) is 11.2 Å². The molecule has 2 heterocycles. The van der Waals surface area contributed by atoms with E-state index in [1.165, 1.54) is 11.3 Å². The number of hydrogen-bond acceptors (Lipinski definition) is 4. The predicted octanol–water partition coefficient (Wildman–Crippen LogP) is 4.94. The van der Waals surface area contributed by atoms with Gasteiger partial charge in [-0.3, -0.25) is 9.59 Å². The van der Waals surface area contributed by atoms with Gasteiger partial charge in [0.2, 0.25) is 0 Å². The summed E-state index contributed by atoms with van der Waals surface area (Å²) in [6.07, 6.45) is 4.36. The van der Waals surface area contributed by atoms with E-state index in [2.05, 4.69) is 0 Å². The Morgan fingerprint density at radius 3 is 1.95 bits per heavy atom. The molecule has 0 saturated heterocycles. The van der Waals surface area contributed by atoms with Crippen molar-refractivity contribution >= 4 is 40.8 Å². The van der Waals surface area contributed by atoms with Crippen LogP contribution >= 0.6 is 22.7 Å². The summed E-state index contributed by atoms with van der Waals surface area (Å²) in [4.78, 5) is 21.4. The van der Waals surface area contributed by atoms with Crippen LogP contribution in [0.25, 0.3) is 6.08 Å². The summed E-state index contributed by atoms with van der Waals surface area (Å²) >= 11 is 3.17. The van der Waals surface area contributed by atoms with Crippen molar-refractivity contribution in [1.29, 1.82) is 0 Å². The quantitative estimate of drug-likeness (QED) is 0.594. The highest BCUT2D eigenvalue weighted by Crippen LogP contribution is 2.16. The SMILES string of the molecule is CC(C)(C)C(=O)C=Cc1ccsc1.O=Cc1ccsc1. The topological polar surface area (TPSA) is 34.1 Å². The molecule has 0 unspecified atom stereocenters. The van der Waals surface area contributed by atoms with E-state index in [0.29, 0.717) is 0 Å². The lowest BCUT2D eigenvalue weighted by molar-refractivity contribution is -0.121. The van der Waals surface area contributed by atoms with Gasteiger partial charge in [0.05, 0.1) is 0 Å². The fourth-order valence-electron chi connectivity index (χ4n) is 1.13. The zero-order valence-corrected chi connectivity index (χ0v) is 13.5. The lowest BCUT2D eigenvalue weighted by atomic mass is 9.90. The Morgan fingerprint density at radius 2 is 1.60 bits per heavy atom. The van der Waals surface area contributed by atoms with Crippen molar-refractivity contribution in [2.75, 3.05) is 0 Å². The molecule has 0 N–H and O–H groups in total. The molecule has 20 heavy (non-hydrogen) atoms. The molecule has 0 fully saturated rings. The third kappa shape index (κ3) is 6.08. The van der Waals surface area contributed by atoms with Crippen LogP contribution in [0.2, 0.25) is 0 Å². The van der Waals surface area contributed by atoms with Crippen LogP contribution in [-0.4, -0.2) is 12.1 Å². The first-order chi connectivity index (χ1) is 9.43. The lowest BCUT2D eigenvalue weighted by Gasteiger charge is -2.12. The van der Waals surface area contributed by atoms with E-state index in [9.17, 15) is 9.59 Å². The number of carbonyl (C=O) groups is 2. The van der Waals surface area contributed by atoms with Crippen LogP contribution in [0, 0.1) is 5.41 Å². The van der Waals surface area contributed by atoms with Crippen LogP contribution in [0.5, 0.6) is 0 Å². The van der Waals surface area contributed by atoms with Crippen molar-refractivity contribution in [3.05, 3.63) is 50.9 Å². The minimum Gasteiger partial charge on any atom is -0.298 e. The molecule has 0 saturated carbocycles. The Kier molecular flexibility index (Phi) is 6.55. The Hall–Kier alpha value is -1.52. The van der Waals surface area contributed by atoms with Crippen LogP contribution < -0.4 is 0 Å². The molecule has 0 aromatic carbocycles. The Balaban J connectivity index is 0.000000240. The van der Waals surface area contributed by atoms with Gasteiger partial charge in [-0.1, -0.05) is 26.8 Å². The molecule has 2 rings (SSSR count). The molecule has 0 atom stereocenters. The zero-order valence-electron chi connectivity index (χ0n) is 11.8. The molecule has 0 aliphatic heterocycles. The number of carbonyl (C=O) groups excluding carboxylic acids is 2. The van der Waals surface area contributed by atoms with Gasteiger partial charge in [0.1, 0.15) is 0 Å². The summed E-state index contributed by atoms with van der Waals surface area (Å²) < 4.78 is 0. The Labute approximate surface area is 127 Å². The van der Waals surface area contributed by atoms with Crippen LogP contribution in [0.1, 0.15) is 36.7 Å². The first-order valence-corrected chi connectivity index (χ1v) is 8.04. The molecule has 0 spiro atoms. The molecule has 0 aliphatic carbocycles. The smallest absolute Gasteiger partial charge is 0.161 e. The largest absolute Gasteiger partial charge is 0.298 e. The minimum absolute atomic E-state index is 0.165. The van der Waals surface area contributed by atoms with Crippen LogP contribution in [0.15, 0.2) is 39.7 Å². The fourth-order valence-corrected chi connectivity index (χ4v) is 2.37. The van der Waals surface area contributed by atoms with Crippen molar-refractivity contribution in [3.63, 3.8) is 0 Å². The maximum Gasteiger partial charge on any atom is 0.161 e. The number of thiophene rings is 2. The van der Waals surface area contributed by atoms with Crippen LogP contribution in [0.3, 0.4) is 0 Å². The van der Waals surface area contributed by atoms with Crippen molar-refractivity contribution in [2.24, 2.45) is 5.41 Å². The highest BCUT2D eigenvalue weighted by Gasteiger charge is 2.17. The van der Waals surface area contributed by atoms with Gasteiger partial charge in [-0.2, -0.15) is 22.7 Å². The number of ketones is 1. The first-order valence-electron chi connectivity index (χ1n) is 6.15. The third-order valence-electron chi connectivity index (χ3n) is 2.39. The normalized spacial score (nSPS) is 10.9. The van der Waals surface area contributed by atoms with E-state index in [1.54, 1.807) is 23.5 Å². The van der Waals surface area contributed by atoms with Gasteiger partial charge in [-0.25, -0.2) is 0 Å². The van der Waals surface area contributed by atoms with Crippen LogP contribution in [0.4, 0.5) is 0 Å². The average Bonchev–Trinajstić information content (AvgIpc) is 3.08. The molecular formula is C16H18O2S2. The van der Waals surface area contributed by atoms with Gasteiger partial charge in [-0.05, 0) is 39.9 Å². The number of rotatable bonds is 3. The van der Waals surface area contributed by atoms with Crippen molar-refractivity contribution in [1.82, 2.24) is 0 Å². The van der Waals surface area contributed by atoms with E-state index >= 15 is 0 Å². The van der Waals surface area contributed by atoms with Crippen molar-refractivity contribution < 1.29 is 9.59 Å². The molecule has 0 amide bonds. The first kappa shape index (κ1) is 16.5. The van der Waals surface area contributed by atoms with Crippen molar-refractivity contribution in [2.45, 2.75) is 20.8 Å². The maximum atomic E-state index is 11.5. The second-order valence-electron chi connectivity index (χ2n) is 5.18. The monoisotopic (exact) mass is 306 g/mol. The Morgan fingerprint density at radius 1 is 1.05 bits per heavy atom. The van der Waals surface area contributed by atoms with Gasteiger partial charge >= 0.3 is 0 Å². The summed E-state index contributed by atoms with van der Waals surface area (Å²) in [7, 11) is 0. The summed E-state index contributed by atoms with van der Waals surface area (Å²) in [6, 6.07) is 3.79. The number of aldehydes is 1. The fraction of sp³-hybridized carbons (Fsp3) is 0.250. The lowest BCUT2D eigenvalue weighted by Crippen LogP contribution is -2.17. The molecule has 2 aromatic rings. The molecule has 0 radical (unpaired) electrons. The molecule has 2 aromatic heterocycles. The highest BCUT2D eigenvalue weighted by atomic mass is 32.1. The second-order valence-corrected chi connectivity index (χ2v) is 6.74. The molecule has 4 heteroatoms. The predicted molar refractivity (Wildman–Crippen MR) is 87.5 cm³/mol. The van der Waals surface area contributed by atoms with Crippen LogP contribution in [-0.2, 0) is 4.79 Å². The Bertz CT molecular complexity index is 544. The summed E-state index contributed by atoms with van der Waals surface area (Å²) in [5, 5.41) is 7.71. The van der Waals surface area contributed by atoms with Gasteiger partial charge in [-0.15, -0.1) is 0 Å². The molecule has 106 valence electrons. The molecule has 0 bridgehead atoms. The average molecular weight is 306 g/mol. The standard InChI is InChI=1S/C11H14OS.C5H4OS/c1-11(2,3)10(12)5-4-9-6-7-13-8-9;6-3-5-1-2-7-4-5/h4-8H,1-3H3;1-4H.